The molecule has 1 fully saturated rings. The van der Waals surface area contributed by atoms with Crippen LogP contribution in [0.2, 0.25) is 0 Å². The van der Waals surface area contributed by atoms with Crippen LogP contribution in [-0.2, 0) is 11.2 Å². The minimum absolute atomic E-state index is 0. The second-order valence-corrected chi connectivity index (χ2v) is 7.84. The molecular weight excluding hydrogens is 483 g/mol. The summed E-state index contributed by atoms with van der Waals surface area (Å²) in [7, 11) is 0. The molecule has 162 valence electrons. The van der Waals surface area contributed by atoms with E-state index < -0.39 is 0 Å². The Balaban J connectivity index is 0.00000300. The van der Waals surface area contributed by atoms with Crippen molar-refractivity contribution >= 4 is 35.8 Å². The van der Waals surface area contributed by atoms with Gasteiger partial charge in [-0.1, -0.05) is 12.1 Å². The smallest absolute Gasteiger partial charge is 0.244 e. The second kappa shape index (κ2) is 10.9. The molecule has 29 heavy (non-hydrogen) atoms. The Morgan fingerprint density at radius 1 is 1.28 bits per heavy atom. The SMILES string of the molecule is CCNC(=NCC(=O)N1CCCC1)NCCOc1cccc2c1OC(C)(C)C2.I. The van der Waals surface area contributed by atoms with Crippen LogP contribution < -0.4 is 20.1 Å². The van der Waals surface area contributed by atoms with Gasteiger partial charge in [-0.15, -0.1) is 24.0 Å². The van der Waals surface area contributed by atoms with Crippen molar-refractivity contribution in [3.8, 4) is 11.5 Å². The van der Waals surface area contributed by atoms with Gasteiger partial charge in [0.25, 0.3) is 0 Å². The number of carbonyl (C=O) groups is 1. The van der Waals surface area contributed by atoms with Crippen LogP contribution in [0.15, 0.2) is 23.2 Å². The molecule has 0 aromatic heterocycles. The van der Waals surface area contributed by atoms with Gasteiger partial charge in [0.15, 0.2) is 17.5 Å². The number of amides is 1. The number of nitrogens with one attached hydrogen (secondary N) is 2. The van der Waals surface area contributed by atoms with Crippen LogP contribution in [0, 0.1) is 0 Å². The number of guanidine groups is 1. The first-order valence-electron chi connectivity index (χ1n) is 10.2. The first-order valence-corrected chi connectivity index (χ1v) is 10.2. The Bertz CT molecular complexity index is 718. The van der Waals surface area contributed by atoms with Crippen molar-refractivity contribution in [2.45, 2.75) is 45.6 Å². The van der Waals surface area contributed by atoms with Crippen molar-refractivity contribution in [2.24, 2.45) is 4.99 Å². The molecule has 3 rings (SSSR count). The highest BCUT2D eigenvalue weighted by Gasteiger charge is 2.32. The van der Waals surface area contributed by atoms with Crippen LogP contribution >= 0.6 is 24.0 Å². The molecule has 0 bridgehead atoms. The van der Waals surface area contributed by atoms with Gasteiger partial charge in [-0.25, -0.2) is 4.99 Å². The molecule has 2 heterocycles. The van der Waals surface area contributed by atoms with Crippen molar-refractivity contribution in [2.75, 3.05) is 39.3 Å². The number of hydrogen-bond acceptors (Lipinski definition) is 4. The number of aliphatic imine (C=N–C) groups is 1. The zero-order valence-electron chi connectivity index (χ0n) is 17.6. The lowest BCUT2D eigenvalue weighted by Gasteiger charge is -2.18. The number of ether oxygens (including phenoxy) is 2. The van der Waals surface area contributed by atoms with Gasteiger partial charge >= 0.3 is 0 Å². The predicted molar refractivity (Wildman–Crippen MR) is 126 cm³/mol. The number of hydrogen-bond donors (Lipinski definition) is 2. The molecule has 0 unspecified atom stereocenters. The predicted octanol–water partition coefficient (Wildman–Crippen LogP) is 2.57. The number of para-hydroxylation sites is 1. The standard InChI is InChI=1S/C21H32N4O3.HI/c1-4-22-20(24-15-18(26)25-11-5-6-12-25)23-10-13-27-17-9-7-8-16-14-21(2,3)28-19(16)17;/h7-9H,4-6,10-15H2,1-3H3,(H2,22,23,24);1H. The number of nitrogens with zero attached hydrogens (tertiary/aromatic N) is 2. The number of halogens is 1. The average molecular weight is 516 g/mol. The minimum Gasteiger partial charge on any atom is -0.488 e. The van der Waals surface area contributed by atoms with E-state index in [0.717, 1.165) is 50.4 Å². The third-order valence-electron chi connectivity index (χ3n) is 4.88. The van der Waals surface area contributed by atoms with Gasteiger partial charge < -0.3 is 25.0 Å². The van der Waals surface area contributed by atoms with Gasteiger partial charge in [0, 0.05) is 31.6 Å². The van der Waals surface area contributed by atoms with Crippen molar-refractivity contribution in [1.82, 2.24) is 15.5 Å². The maximum absolute atomic E-state index is 12.2. The Morgan fingerprint density at radius 2 is 2.03 bits per heavy atom. The van der Waals surface area contributed by atoms with Crippen molar-refractivity contribution in [3.05, 3.63) is 23.8 Å². The van der Waals surface area contributed by atoms with E-state index in [1.807, 2.05) is 24.0 Å². The maximum atomic E-state index is 12.2. The summed E-state index contributed by atoms with van der Waals surface area (Å²) in [5.41, 5.74) is 0.998. The summed E-state index contributed by atoms with van der Waals surface area (Å²) >= 11 is 0. The van der Waals surface area contributed by atoms with Crippen LogP contribution in [0.5, 0.6) is 11.5 Å². The molecule has 1 aromatic carbocycles. The van der Waals surface area contributed by atoms with Crippen LogP contribution in [0.25, 0.3) is 0 Å². The molecule has 0 radical (unpaired) electrons. The van der Waals surface area contributed by atoms with E-state index in [1.165, 1.54) is 5.56 Å². The molecule has 0 atom stereocenters. The Hall–Kier alpha value is -1.71. The molecule has 1 saturated heterocycles. The fourth-order valence-electron chi connectivity index (χ4n) is 3.59. The monoisotopic (exact) mass is 516 g/mol. The highest BCUT2D eigenvalue weighted by atomic mass is 127. The van der Waals surface area contributed by atoms with Crippen LogP contribution in [0.1, 0.15) is 39.2 Å². The fourth-order valence-corrected chi connectivity index (χ4v) is 3.59. The van der Waals surface area contributed by atoms with E-state index in [-0.39, 0.29) is 42.0 Å². The number of likely N-dealkylation sites (tertiary alicyclic amines) is 1. The molecule has 2 N–H and O–H groups in total. The van der Waals surface area contributed by atoms with Crippen molar-refractivity contribution in [1.29, 1.82) is 0 Å². The molecule has 8 heteroatoms. The first kappa shape index (κ1) is 23.6. The molecule has 0 saturated carbocycles. The Labute approximate surface area is 190 Å². The normalized spacial score (nSPS) is 17.2. The fraction of sp³-hybridized carbons (Fsp3) is 0.619. The van der Waals surface area contributed by atoms with Gasteiger partial charge in [0.05, 0.1) is 6.54 Å². The second-order valence-electron chi connectivity index (χ2n) is 7.84. The molecule has 2 aliphatic rings. The first-order chi connectivity index (χ1) is 13.5. The number of fused-ring (bicyclic) bond motifs is 1. The van der Waals surface area contributed by atoms with E-state index in [1.54, 1.807) is 0 Å². The lowest BCUT2D eigenvalue weighted by Crippen LogP contribution is -2.40. The number of benzene rings is 1. The van der Waals surface area contributed by atoms with E-state index in [4.69, 9.17) is 9.47 Å². The van der Waals surface area contributed by atoms with Crippen LogP contribution in [-0.4, -0.2) is 61.7 Å². The van der Waals surface area contributed by atoms with Gasteiger partial charge in [0.2, 0.25) is 5.91 Å². The van der Waals surface area contributed by atoms with E-state index >= 15 is 0 Å². The quantitative estimate of drug-likeness (QED) is 0.252. The lowest BCUT2D eigenvalue weighted by molar-refractivity contribution is -0.128. The molecule has 0 spiro atoms. The summed E-state index contributed by atoms with van der Waals surface area (Å²) in [6.07, 6.45) is 3.07. The third kappa shape index (κ3) is 6.65. The summed E-state index contributed by atoms with van der Waals surface area (Å²) < 4.78 is 12.0. The summed E-state index contributed by atoms with van der Waals surface area (Å²) in [6.45, 7) is 9.84. The van der Waals surface area contributed by atoms with E-state index in [0.29, 0.717) is 19.1 Å². The molecule has 1 amide bonds. The topological polar surface area (TPSA) is 75.2 Å². The highest BCUT2D eigenvalue weighted by molar-refractivity contribution is 14.0. The van der Waals surface area contributed by atoms with Crippen molar-refractivity contribution < 1.29 is 14.3 Å². The zero-order valence-corrected chi connectivity index (χ0v) is 20.0. The molecule has 7 nitrogen and oxygen atoms in total. The summed E-state index contributed by atoms with van der Waals surface area (Å²) in [4.78, 5) is 18.4. The number of carbonyl (C=O) groups excluding carboxylic acids is 1. The van der Waals surface area contributed by atoms with Gasteiger partial charge in [-0.05, 0) is 39.7 Å². The Kier molecular flexibility index (Phi) is 8.85. The molecule has 0 aliphatic carbocycles. The highest BCUT2D eigenvalue weighted by Crippen LogP contribution is 2.41. The summed E-state index contributed by atoms with van der Waals surface area (Å²) in [5.74, 6) is 2.35. The summed E-state index contributed by atoms with van der Waals surface area (Å²) in [5, 5.41) is 6.39. The van der Waals surface area contributed by atoms with Crippen molar-refractivity contribution in [3.63, 3.8) is 0 Å². The van der Waals surface area contributed by atoms with E-state index in [9.17, 15) is 4.79 Å². The third-order valence-corrected chi connectivity index (χ3v) is 4.88. The maximum Gasteiger partial charge on any atom is 0.244 e. The number of rotatable bonds is 7. The average Bonchev–Trinajstić information content (AvgIpc) is 3.29. The van der Waals surface area contributed by atoms with Gasteiger partial charge in [-0.2, -0.15) is 0 Å². The minimum atomic E-state index is -0.188. The molecular formula is C21H33IN4O3. The van der Waals surface area contributed by atoms with Gasteiger partial charge in [0.1, 0.15) is 18.8 Å². The Morgan fingerprint density at radius 3 is 2.76 bits per heavy atom. The van der Waals surface area contributed by atoms with Crippen LogP contribution in [0.3, 0.4) is 0 Å². The lowest BCUT2D eigenvalue weighted by atomic mass is 10.0. The zero-order chi connectivity index (χ0) is 20.0. The van der Waals surface area contributed by atoms with Crippen LogP contribution in [0.4, 0.5) is 0 Å². The van der Waals surface area contributed by atoms with E-state index in [2.05, 4.69) is 35.5 Å². The molecule has 2 aliphatic heterocycles. The summed E-state index contributed by atoms with van der Waals surface area (Å²) in [6, 6.07) is 6.03. The molecule has 1 aromatic rings. The van der Waals surface area contributed by atoms with Gasteiger partial charge in [-0.3, -0.25) is 4.79 Å². The largest absolute Gasteiger partial charge is 0.488 e.